The maximum atomic E-state index is 12.7. The minimum Gasteiger partial charge on any atom is -0.353 e. The molecule has 1 aliphatic heterocycles. The van der Waals surface area contributed by atoms with Gasteiger partial charge < -0.3 is 15.1 Å². The molecule has 1 unspecified atom stereocenters. The number of rotatable bonds is 5. The van der Waals surface area contributed by atoms with E-state index in [1.807, 2.05) is 49.5 Å². The molecule has 6 nitrogen and oxygen atoms in total. The Bertz CT molecular complexity index is 983. The van der Waals surface area contributed by atoms with Crippen LogP contribution in [0.4, 0.5) is 11.6 Å². The molecule has 1 atom stereocenters. The Kier molecular flexibility index (Phi) is 5.60. The molecule has 0 saturated carbocycles. The van der Waals surface area contributed by atoms with Crippen molar-refractivity contribution in [2.24, 2.45) is 0 Å². The molecule has 0 radical (unpaired) electrons. The van der Waals surface area contributed by atoms with Crippen molar-refractivity contribution in [3.8, 4) is 0 Å². The number of piperazine rings is 1. The van der Waals surface area contributed by atoms with Crippen LogP contribution in [-0.4, -0.2) is 48.1 Å². The number of nitrogens with zero attached hydrogens (tertiary/aromatic N) is 4. The summed E-state index contributed by atoms with van der Waals surface area (Å²) in [5.41, 5.74) is 0.636. The van der Waals surface area contributed by atoms with Crippen LogP contribution in [0.25, 0.3) is 10.8 Å². The van der Waals surface area contributed by atoms with Crippen LogP contribution in [0.3, 0.4) is 0 Å². The van der Waals surface area contributed by atoms with Crippen LogP contribution in [0.1, 0.15) is 30.6 Å². The summed E-state index contributed by atoms with van der Waals surface area (Å²) >= 11 is 0. The first-order chi connectivity index (χ1) is 14.2. The molecule has 0 spiro atoms. The summed E-state index contributed by atoms with van der Waals surface area (Å²) in [4.78, 5) is 26.5. The van der Waals surface area contributed by atoms with Crippen molar-refractivity contribution < 1.29 is 4.79 Å². The number of hydrogen-bond acceptors (Lipinski definition) is 5. The molecule has 6 heteroatoms. The van der Waals surface area contributed by atoms with E-state index < -0.39 is 0 Å². The Balaban J connectivity index is 1.58. The van der Waals surface area contributed by atoms with E-state index in [1.54, 1.807) is 6.20 Å². The van der Waals surface area contributed by atoms with Gasteiger partial charge in [-0.25, -0.2) is 9.97 Å². The van der Waals surface area contributed by atoms with Crippen LogP contribution < -0.4 is 15.1 Å². The molecule has 4 rings (SSSR count). The number of nitrogens with one attached hydrogen (secondary N) is 1. The maximum Gasteiger partial charge on any atom is 0.253 e. The number of pyridine rings is 2. The highest BCUT2D eigenvalue weighted by atomic mass is 16.1. The summed E-state index contributed by atoms with van der Waals surface area (Å²) in [5, 5.41) is 5.03. The number of anilines is 2. The van der Waals surface area contributed by atoms with Crippen LogP contribution in [-0.2, 0) is 0 Å². The van der Waals surface area contributed by atoms with E-state index >= 15 is 0 Å². The number of carbonyl (C=O) groups is 1. The predicted molar refractivity (Wildman–Crippen MR) is 118 cm³/mol. The van der Waals surface area contributed by atoms with Crippen molar-refractivity contribution in [2.75, 3.05) is 36.0 Å². The van der Waals surface area contributed by atoms with Crippen LogP contribution in [0.5, 0.6) is 0 Å². The Morgan fingerprint density at radius 3 is 2.38 bits per heavy atom. The molecular formula is C23H27N5O. The second kappa shape index (κ2) is 8.47. The molecule has 1 fully saturated rings. The zero-order valence-electron chi connectivity index (χ0n) is 17.0. The highest BCUT2D eigenvalue weighted by molar-refractivity contribution is 6.09. The van der Waals surface area contributed by atoms with Gasteiger partial charge in [0.05, 0.1) is 5.56 Å². The molecule has 1 N–H and O–H groups in total. The molecule has 2 aromatic heterocycles. The molecule has 1 aromatic carbocycles. The smallest absolute Gasteiger partial charge is 0.253 e. The number of amides is 1. The van der Waals surface area contributed by atoms with Gasteiger partial charge in [0.25, 0.3) is 5.91 Å². The topological polar surface area (TPSA) is 61.4 Å². The Morgan fingerprint density at radius 2 is 1.69 bits per heavy atom. The van der Waals surface area contributed by atoms with Gasteiger partial charge in [0.2, 0.25) is 0 Å². The molecule has 1 aliphatic rings. The van der Waals surface area contributed by atoms with Crippen LogP contribution >= 0.6 is 0 Å². The third kappa shape index (κ3) is 4.01. The van der Waals surface area contributed by atoms with E-state index in [-0.39, 0.29) is 11.9 Å². The van der Waals surface area contributed by atoms with Crippen molar-refractivity contribution in [3.05, 3.63) is 60.4 Å². The lowest BCUT2D eigenvalue weighted by atomic mass is 10.1. The van der Waals surface area contributed by atoms with Gasteiger partial charge in [-0.2, -0.15) is 0 Å². The third-order valence-corrected chi connectivity index (χ3v) is 5.56. The normalized spacial score (nSPS) is 15.4. The molecule has 1 amide bonds. The lowest BCUT2D eigenvalue weighted by molar-refractivity contribution is 0.0940. The SMILES string of the molecule is CCC(C)NC(=O)c1cnc(N2CCN(c3ccccn3)CC2)c2ccccc12. The van der Waals surface area contributed by atoms with E-state index in [4.69, 9.17) is 4.98 Å². The lowest BCUT2D eigenvalue weighted by Gasteiger charge is -2.36. The average molecular weight is 390 g/mol. The number of benzene rings is 1. The fourth-order valence-corrected chi connectivity index (χ4v) is 3.70. The monoisotopic (exact) mass is 389 g/mol. The van der Waals surface area contributed by atoms with Crippen LogP contribution in [0.2, 0.25) is 0 Å². The van der Waals surface area contributed by atoms with Gasteiger partial charge in [-0.3, -0.25) is 4.79 Å². The zero-order valence-corrected chi connectivity index (χ0v) is 17.0. The zero-order chi connectivity index (χ0) is 20.2. The fourth-order valence-electron chi connectivity index (χ4n) is 3.70. The average Bonchev–Trinajstić information content (AvgIpc) is 2.79. The molecule has 29 heavy (non-hydrogen) atoms. The van der Waals surface area contributed by atoms with E-state index in [1.165, 1.54) is 0 Å². The van der Waals surface area contributed by atoms with E-state index in [0.29, 0.717) is 5.56 Å². The van der Waals surface area contributed by atoms with Crippen molar-refractivity contribution in [2.45, 2.75) is 26.3 Å². The third-order valence-electron chi connectivity index (χ3n) is 5.56. The van der Waals surface area contributed by atoms with Crippen molar-refractivity contribution in [1.29, 1.82) is 0 Å². The molecule has 3 aromatic rings. The van der Waals surface area contributed by atoms with Gasteiger partial charge in [0, 0.05) is 50.0 Å². The standard InChI is InChI=1S/C23H27N5O/c1-3-17(2)26-23(29)20-16-25-22(19-9-5-4-8-18(19)20)28-14-12-27(13-15-28)21-10-6-7-11-24-21/h4-11,16-17H,3,12-15H2,1-2H3,(H,26,29). The summed E-state index contributed by atoms with van der Waals surface area (Å²) < 4.78 is 0. The van der Waals surface area contributed by atoms with Gasteiger partial charge in [-0.1, -0.05) is 37.3 Å². The molecule has 0 aliphatic carbocycles. The summed E-state index contributed by atoms with van der Waals surface area (Å²) in [6.45, 7) is 7.60. The summed E-state index contributed by atoms with van der Waals surface area (Å²) in [5.74, 6) is 1.90. The van der Waals surface area contributed by atoms with Crippen LogP contribution in [0.15, 0.2) is 54.9 Å². The number of fused-ring (bicyclic) bond motifs is 1. The predicted octanol–water partition coefficient (Wildman–Crippen LogP) is 3.48. The summed E-state index contributed by atoms with van der Waals surface area (Å²) in [6.07, 6.45) is 4.45. The largest absolute Gasteiger partial charge is 0.353 e. The molecule has 0 bridgehead atoms. The van der Waals surface area contributed by atoms with E-state index in [2.05, 4.69) is 33.1 Å². The highest BCUT2D eigenvalue weighted by Crippen LogP contribution is 2.28. The Labute approximate surface area is 171 Å². The van der Waals surface area contributed by atoms with E-state index in [9.17, 15) is 4.79 Å². The van der Waals surface area contributed by atoms with Gasteiger partial charge in [-0.15, -0.1) is 0 Å². The van der Waals surface area contributed by atoms with Crippen LogP contribution in [0, 0.1) is 0 Å². The van der Waals surface area contributed by atoms with Crippen molar-refractivity contribution >= 4 is 28.3 Å². The number of aromatic nitrogens is 2. The minimum absolute atomic E-state index is 0.0606. The quantitative estimate of drug-likeness (QED) is 0.724. The maximum absolute atomic E-state index is 12.7. The second-order valence-electron chi connectivity index (χ2n) is 7.49. The van der Waals surface area contributed by atoms with E-state index in [0.717, 1.165) is 55.0 Å². The summed E-state index contributed by atoms with van der Waals surface area (Å²) in [6, 6.07) is 14.2. The Hall–Kier alpha value is -3.15. The first-order valence-electron chi connectivity index (χ1n) is 10.3. The Morgan fingerprint density at radius 1 is 1.00 bits per heavy atom. The molecular weight excluding hydrogens is 362 g/mol. The molecule has 150 valence electrons. The van der Waals surface area contributed by atoms with Gasteiger partial charge >= 0.3 is 0 Å². The highest BCUT2D eigenvalue weighted by Gasteiger charge is 2.22. The fraction of sp³-hybridized carbons (Fsp3) is 0.348. The second-order valence-corrected chi connectivity index (χ2v) is 7.49. The van der Waals surface area contributed by atoms with Gasteiger partial charge in [0.15, 0.2) is 0 Å². The summed E-state index contributed by atoms with van der Waals surface area (Å²) in [7, 11) is 0. The van der Waals surface area contributed by atoms with Gasteiger partial charge in [0.1, 0.15) is 11.6 Å². The number of carbonyl (C=O) groups excluding carboxylic acids is 1. The van der Waals surface area contributed by atoms with Crippen molar-refractivity contribution in [3.63, 3.8) is 0 Å². The lowest BCUT2D eigenvalue weighted by Crippen LogP contribution is -2.47. The first-order valence-corrected chi connectivity index (χ1v) is 10.3. The minimum atomic E-state index is -0.0606. The van der Waals surface area contributed by atoms with Gasteiger partial charge in [-0.05, 0) is 30.9 Å². The van der Waals surface area contributed by atoms with Crippen molar-refractivity contribution in [1.82, 2.24) is 15.3 Å². The first kappa shape index (κ1) is 19.2. The number of hydrogen-bond donors (Lipinski definition) is 1. The molecule has 1 saturated heterocycles. The molecule has 3 heterocycles.